The van der Waals surface area contributed by atoms with Gasteiger partial charge in [0, 0.05) is 17.1 Å². The van der Waals surface area contributed by atoms with E-state index >= 15 is 0 Å². The van der Waals surface area contributed by atoms with Gasteiger partial charge in [-0.3, -0.25) is 0 Å². The van der Waals surface area contributed by atoms with Crippen LogP contribution in [0.2, 0.25) is 0 Å². The molecule has 0 N–H and O–H groups in total. The zero-order valence-electron chi connectivity index (χ0n) is 42.2. The lowest BCUT2D eigenvalue weighted by Gasteiger charge is -2.26. The van der Waals surface area contributed by atoms with Crippen molar-refractivity contribution in [2.45, 2.75) is 0 Å². The van der Waals surface area contributed by atoms with E-state index in [1.165, 1.54) is 131 Å². The fraction of sp³-hybridized carbons (Fsp3) is 0. The maximum atomic E-state index is 2.37. The van der Waals surface area contributed by atoms with Crippen molar-refractivity contribution in [1.82, 2.24) is 0 Å². The van der Waals surface area contributed by atoms with Crippen LogP contribution in [0.25, 0.3) is 131 Å². The number of hydrogen-bond acceptors (Lipinski definition) is 1. The summed E-state index contributed by atoms with van der Waals surface area (Å²) in [6.45, 7) is 0. The molecule has 0 aliphatic heterocycles. The zero-order chi connectivity index (χ0) is 50.8. The molecule has 15 aromatic rings. The van der Waals surface area contributed by atoms with Gasteiger partial charge in [0.2, 0.25) is 0 Å². The summed E-state index contributed by atoms with van der Waals surface area (Å²) in [6, 6.07) is 109. The monoisotopic (exact) mass is 975 g/mol. The number of fused-ring (bicyclic) bond motifs is 13. The predicted octanol–water partition coefficient (Wildman–Crippen LogP) is 21.6. The van der Waals surface area contributed by atoms with Gasteiger partial charge in [0.05, 0.1) is 0 Å². The van der Waals surface area contributed by atoms with Gasteiger partial charge in [0.25, 0.3) is 0 Å². The highest BCUT2D eigenvalue weighted by atomic mass is 15.1. The molecule has 0 atom stereocenters. The topological polar surface area (TPSA) is 3.24 Å². The second kappa shape index (κ2) is 18.4. The molecule has 0 heterocycles. The molecule has 0 unspecified atom stereocenters. The van der Waals surface area contributed by atoms with E-state index in [-0.39, 0.29) is 0 Å². The van der Waals surface area contributed by atoms with E-state index in [1.807, 2.05) is 0 Å². The molecular formula is C76H49N. The first-order chi connectivity index (χ1) is 38.1. The average molecular weight is 976 g/mol. The van der Waals surface area contributed by atoms with Crippen molar-refractivity contribution in [3.05, 3.63) is 297 Å². The second-order valence-corrected chi connectivity index (χ2v) is 20.4. The van der Waals surface area contributed by atoms with Gasteiger partial charge in [-0.1, -0.05) is 243 Å². The Balaban J connectivity index is 0.738. The molecule has 0 saturated carbocycles. The number of rotatable bonds is 8. The van der Waals surface area contributed by atoms with Gasteiger partial charge < -0.3 is 4.90 Å². The molecule has 0 aromatic heterocycles. The molecule has 1 heteroatoms. The molecule has 0 bridgehead atoms. The summed E-state index contributed by atoms with van der Waals surface area (Å²) in [5.74, 6) is 0. The third kappa shape index (κ3) is 7.79. The molecule has 358 valence electrons. The van der Waals surface area contributed by atoms with Crippen LogP contribution in [0.15, 0.2) is 297 Å². The lowest BCUT2D eigenvalue weighted by Crippen LogP contribution is -2.09. The van der Waals surface area contributed by atoms with Crippen LogP contribution in [0.3, 0.4) is 0 Å². The minimum atomic E-state index is 1.09. The van der Waals surface area contributed by atoms with Gasteiger partial charge in [-0.2, -0.15) is 0 Å². The number of benzene rings is 15. The lowest BCUT2D eigenvalue weighted by molar-refractivity contribution is 1.28. The first kappa shape index (κ1) is 44.4. The van der Waals surface area contributed by atoms with Crippen LogP contribution in [-0.2, 0) is 0 Å². The van der Waals surface area contributed by atoms with Gasteiger partial charge in [-0.25, -0.2) is 0 Å². The van der Waals surface area contributed by atoms with Crippen LogP contribution in [0, 0.1) is 0 Å². The highest BCUT2D eigenvalue weighted by Gasteiger charge is 2.16. The molecule has 77 heavy (non-hydrogen) atoms. The van der Waals surface area contributed by atoms with Crippen LogP contribution in [0.1, 0.15) is 0 Å². The summed E-state index contributed by atoms with van der Waals surface area (Å²) in [6.07, 6.45) is 0. The molecule has 15 rings (SSSR count). The van der Waals surface area contributed by atoms with E-state index in [1.54, 1.807) is 0 Å². The Morgan fingerprint density at radius 3 is 0.701 bits per heavy atom. The first-order valence-electron chi connectivity index (χ1n) is 26.6. The average Bonchev–Trinajstić information content (AvgIpc) is 3.55. The zero-order valence-corrected chi connectivity index (χ0v) is 42.2. The van der Waals surface area contributed by atoms with Gasteiger partial charge in [0.1, 0.15) is 0 Å². The van der Waals surface area contributed by atoms with Crippen LogP contribution in [0.5, 0.6) is 0 Å². The second-order valence-electron chi connectivity index (χ2n) is 20.4. The molecule has 0 saturated heterocycles. The fourth-order valence-electron chi connectivity index (χ4n) is 12.1. The van der Waals surface area contributed by atoms with Crippen molar-refractivity contribution < 1.29 is 0 Å². The summed E-state index contributed by atoms with van der Waals surface area (Å²) in [5, 5.41) is 18.0. The summed E-state index contributed by atoms with van der Waals surface area (Å²) >= 11 is 0. The Kier molecular flexibility index (Phi) is 10.6. The van der Waals surface area contributed by atoms with Crippen molar-refractivity contribution in [3.63, 3.8) is 0 Å². The standard InChI is InChI=1S/C76H49N/c1-2-12-58-47-59(30-29-50(58)11-1)57-35-43-64(44-36-57)77(62-39-31-53(32-40-62)51-21-25-55(26-22-51)60-37-45-73-69-17-5-3-13-65(69)67-15-7-9-19-71(67)75(73)48-60)63-41-33-54(34-42-63)52-23-27-56(28-24-52)61-38-46-74-70-18-6-4-14-66(70)68-16-8-10-20-72(68)76(74)49-61/h1-49H. The molecular weight excluding hydrogens is 927 g/mol. The third-order valence-electron chi connectivity index (χ3n) is 16.1. The predicted molar refractivity (Wildman–Crippen MR) is 331 cm³/mol. The van der Waals surface area contributed by atoms with Gasteiger partial charge >= 0.3 is 0 Å². The van der Waals surface area contributed by atoms with E-state index in [4.69, 9.17) is 0 Å². The largest absolute Gasteiger partial charge is 0.311 e. The molecule has 0 aliphatic rings. The van der Waals surface area contributed by atoms with Crippen LogP contribution < -0.4 is 4.90 Å². The van der Waals surface area contributed by atoms with E-state index in [2.05, 4.69) is 302 Å². The Hall–Kier alpha value is -10.1. The van der Waals surface area contributed by atoms with Crippen molar-refractivity contribution in [3.8, 4) is 55.6 Å². The van der Waals surface area contributed by atoms with Crippen LogP contribution >= 0.6 is 0 Å². The summed E-state index contributed by atoms with van der Waals surface area (Å²) in [4.78, 5) is 2.36. The quantitative estimate of drug-likeness (QED) is 0.137. The van der Waals surface area contributed by atoms with Crippen molar-refractivity contribution in [2.24, 2.45) is 0 Å². The lowest BCUT2D eigenvalue weighted by atomic mass is 9.92. The molecule has 15 aromatic carbocycles. The molecule has 0 radical (unpaired) electrons. The van der Waals surface area contributed by atoms with Gasteiger partial charge in [-0.05, 0) is 186 Å². The molecule has 0 spiro atoms. The Bertz CT molecular complexity index is 4430. The van der Waals surface area contributed by atoms with Crippen molar-refractivity contribution in [1.29, 1.82) is 0 Å². The van der Waals surface area contributed by atoms with Crippen molar-refractivity contribution in [2.75, 3.05) is 4.90 Å². The highest BCUT2D eigenvalue weighted by Crippen LogP contribution is 2.42. The van der Waals surface area contributed by atoms with E-state index < -0.39 is 0 Å². The maximum Gasteiger partial charge on any atom is 0.0462 e. The maximum absolute atomic E-state index is 2.37. The minimum absolute atomic E-state index is 1.09. The van der Waals surface area contributed by atoms with Crippen LogP contribution in [0.4, 0.5) is 17.1 Å². The molecule has 0 aliphatic carbocycles. The van der Waals surface area contributed by atoms with Crippen molar-refractivity contribution >= 4 is 92.5 Å². The number of hydrogen-bond donors (Lipinski definition) is 0. The van der Waals surface area contributed by atoms with E-state index in [9.17, 15) is 0 Å². The van der Waals surface area contributed by atoms with E-state index in [0.29, 0.717) is 0 Å². The SMILES string of the molecule is c1ccc2cc(-c3ccc(N(c4ccc(-c5ccc(-c6ccc7c8ccccc8c8ccccc8c7c6)cc5)cc4)c4ccc(-c5ccc(-c6ccc7c8ccccc8c8ccccc8c7c6)cc5)cc4)cc3)ccc2c1. The molecule has 0 fully saturated rings. The minimum Gasteiger partial charge on any atom is -0.311 e. The highest BCUT2D eigenvalue weighted by molar-refractivity contribution is 6.27. The Morgan fingerprint density at radius 2 is 0.364 bits per heavy atom. The Labute approximate surface area is 447 Å². The molecule has 1 nitrogen and oxygen atoms in total. The Morgan fingerprint density at radius 1 is 0.143 bits per heavy atom. The fourth-order valence-corrected chi connectivity index (χ4v) is 12.1. The first-order valence-corrected chi connectivity index (χ1v) is 26.6. The van der Waals surface area contributed by atoms with E-state index in [0.717, 1.165) is 17.1 Å². The van der Waals surface area contributed by atoms with Gasteiger partial charge in [-0.15, -0.1) is 0 Å². The third-order valence-corrected chi connectivity index (χ3v) is 16.1. The van der Waals surface area contributed by atoms with Gasteiger partial charge in [0.15, 0.2) is 0 Å². The summed E-state index contributed by atoms with van der Waals surface area (Å²) in [7, 11) is 0. The summed E-state index contributed by atoms with van der Waals surface area (Å²) < 4.78 is 0. The van der Waals surface area contributed by atoms with Crippen LogP contribution in [-0.4, -0.2) is 0 Å². The number of nitrogens with zero attached hydrogens (tertiary/aromatic N) is 1. The summed E-state index contributed by atoms with van der Waals surface area (Å²) in [5.41, 5.74) is 15.2. The number of anilines is 3. The smallest absolute Gasteiger partial charge is 0.0462 e. The normalized spacial score (nSPS) is 11.6. The molecule has 0 amide bonds.